The van der Waals surface area contributed by atoms with E-state index in [-0.39, 0.29) is 11.7 Å². The van der Waals surface area contributed by atoms with Crippen LogP contribution in [0.4, 0.5) is 17.1 Å². The molecule has 0 unspecified atom stereocenters. The third kappa shape index (κ3) is 4.55. The molecule has 0 spiro atoms. The summed E-state index contributed by atoms with van der Waals surface area (Å²) in [6, 6.07) is 15.1. The van der Waals surface area contributed by atoms with Crippen molar-refractivity contribution < 1.29 is 14.0 Å². The summed E-state index contributed by atoms with van der Waals surface area (Å²) in [5.74, 6) is -0.563. The van der Waals surface area contributed by atoms with Crippen molar-refractivity contribution in [1.82, 2.24) is 0 Å². The zero-order chi connectivity index (χ0) is 20.3. The lowest BCUT2D eigenvalue weighted by molar-refractivity contribution is 0.0992. The number of nitrogens with one attached hydrogen (secondary N) is 2. The van der Waals surface area contributed by atoms with Crippen LogP contribution in [-0.4, -0.2) is 25.9 Å². The number of benzene rings is 2. The van der Waals surface area contributed by atoms with Crippen LogP contribution in [0.25, 0.3) is 0 Å². The number of halogens is 2. The van der Waals surface area contributed by atoms with Crippen molar-refractivity contribution in [3.8, 4) is 0 Å². The lowest BCUT2D eigenvalue weighted by Gasteiger charge is -2.19. The van der Waals surface area contributed by atoms with Crippen LogP contribution in [0.1, 0.15) is 20.9 Å². The van der Waals surface area contributed by atoms with Crippen LogP contribution >= 0.6 is 27.5 Å². The van der Waals surface area contributed by atoms with Gasteiger partial charge in [0.15, 0.2) is 10.4 Å². The molecule has 0 bridgehead atoms. The second-order valence-electron chi connectivity index (χ2n) is 6.12. The number of hydrogen-bond donors (Lipinski definition) is 2. The highest BCUT2D eigenvalue weighted by atomic mass is 79.9. The molecule has 0 aliphatic rings. The molecule has 0 atom stereocenters. The molecule has 0 aliphatic heterocycles. The van der Waals surface area contributed by atoms with Gasteiger partial charge in [-0.15, -0.1) is 0 Å². The van der Waals surface area contributed by atoms with E-state index in [2.05, 4.69) is 26.6 Å². The van der Waals surface area contributed by atoms with Crippen LogP contribution in [-0.2, 0) is 0 Å². The number of carbonyl (C=O) groups excluding carboxylic acids is 2. The number of amides is 2. The Hall–Kier alpha value is -2.77. The number of hydrogen-bond acceptors (Lipinski definition) is 4. The Morgan fingerprint density at radius 2 is 1.75 bits per heavy atom. The number of carbonyl (C=O) groups is 2. The third-order valence-electron chi connectivity index (χ3n) is 3.86. The topological polar surface area (TPSA) is 74.6 Å². The number of furan rings is 1. The molecular weight excluding hydrogens is 446 g/mol. The van der Waals surface area contributed by atoms with Crippen LogP contribution in [0.2, 0.25) is 5.02 Å². The van der Waals surface area contributed by atoms with Crippen molar-refractivity contribution in [3.05, 3.63) is 75.6 Å². The quantitative estimate of drug-likeness (QED) is 0.542. The van der Waals surface area contributed by atoms with Gasteiger partial charge in [0.2, 0.25) is 0 Å². The highest BCUT2D eigenvalue weighted by molar-refractivity contribution is 9.10. The molecule has 144 valence electrons. The zero-order valence-corrected chi connectivity index (χ0v) is 17.5. The van der Waals surface area contributed by atoms with Gasteiger partial charge in [0.05, 0.1) is 16.4 Å². The molecule has 0 fully saturated rings. The molecule has 3 aromatic rings. The Morgan fingerprint density at radius 1 is 1.00 bits per heavy atom. The SMILES string of the molecule is CN(C)c1c(Cl)cccc1NC(=O)c1cccc(NC(=O)c2ccc(Br)o2)c1. The van der Waals surface area contributed by atoms with Crippen molar-refractivity contribution in [2.75, 3.05) is 29.6 Å². The van der Waals surface area contributed by atoms with E-state index in [9.17, 15) is 9.59 Å². The molecule has 1 aromatic heterocycles. The fraction of sp³-hybridized carbons (Fsp3) is 0.100. The Bertz CT molecular complexity index is 1030. The van der Waals surface area contributed by atoms with E-state index in [0.717, 1.165) is 0 Å². The van der Waals surface area contributed by atoms with Crippen LogP contribution in [0.3, 0.4) is 0 Å². The van der Waals surface area contributed by atoms with Gasteiger partial charge in [-0.25, -0.2) is 0 Å². The molecule has 3 rings (SSSR count). The molecule has 2 amide bonds. The number of rotatable bonds is 5. The average Bonchev–Trinajstić information content (AvgIpc) is 3.08. The molecule has 8 heteroatoms. The molecule has 1 heterocycles. The van der Waals surface area contributed by atoms with E-state index in [1.165, 1.54) is 0 Å². The maximum Gasteiger partial charge on any atom is 0.291 e. The first-order valence-corrected chi connectivity index (χ1v) is 9.46. The summed E-state index contributed by atoms with van der Waals surface area (Å²) in [7, 11) is 3.69. The smallest absolute Gasteiger partial charge is 0.291 e. The van der Waals surface area contributed by atoms with Crippen molar-refractivity contribution in [2.45, 2.75) is 0 Å². The van der Waals surface area contributed by atoms with Crippen LogP contribution in [0.5, 0.6) is 0 Å². The molecule has 0 saturated heterocycles. The molecule has 0 aliphatic carbocycles. The van der Waals surface area contributed by atoms with Gasteiger partial charge in [0.25, 0.3) is 11.8 Å². The van der Waals surface area contributed by atoms with E-state index >= 15 is 0 Å². The summed E-state index contributed by atoms with van der Waals surface area (Å²) >= 11 is 9.40. The summed E-state index contributed by atoms with van der Waals surface area (Å²) in [5.41, 5.74) is 2.18. The van der Waals surface area contributed by atoms with Crippen LogP contribution in [0.15, 0.2) is 63.7 Å². The average molecular weight is 463 g/mol. The second-order valence-corrected chi connectivity index (χ2v) is 7.31. The summed E-state index contributed by atoms with van der Waals surface area (Å²) in [6.07, 6.45) is 0. The largest absolute Gasteiger partial charge is 0.444 e. The van der Waals surface area contributed by atoms with Gasteiger partial charge >= 0.3 is 0 Å². The van der Waals surface area contributed by atoms with Gasteiger partial charge in [-0.3, -0.25) is 9.59 Å². The lowest BCUT2D eigenvalue weighted by Crippen LogP contribution is -2.17. The van der Waals surface area contributed by atoms with E-state index in [0.29, 0.717) is 32.3 Å². The Morgan fingerprint density at radius 3 is 2.43 bits per heavy atom. The molecule has 28 heavy (non-hydrogen) atoms. The Labute approximate surface area is 175 Å². The predicted octanol–water partition coefficient (Wildman–Crippen LogP) is 5.27. The van der Waals surface area contributed by atoms with Crippen LogP contribution in [0, 0.1) is 0 Å². The molecular formula is C20H17BrClN3O3. The maximum absolute atomic E-state index is 12.7. The monoisotopic (exact) mass is 461 g/mol. The molecule has 0 saturated carbocycles. The summed E-state index contributed by atoms with van der Waals surface area (Å²) in [5, 5.41) is 6.10. The van der Waals surface area contributed by atoms with Gasteiger partial charge in [-0.1, -0.05) is 23.7 Å². The number of para-hydroxylation sites is 1. The normalized spacial score (nSPS) is 10.4. The molecule has 0 radical (unpaired) electrons. The first-order valence-electron chi connectivity index (χ1n) is 8.29. The Kier molecular flexibility index (Phi) is 6.06. The molecule has 2 N–H and O–H groups in total. The van der Waals surface area contributed by atoms with Gasteiger partial charge in [-0.2, -0.15) is 0 Å². The second kappa shape index (κ2) is 8.50. The van der Waals surface area contributed by atoms with E-state index < -0.39 is 5.91 Å². The van der Waals surface area contributed by atoms with Crippen molar-refractivity contribution in [2.24, 2.45) is 0 Å². The Balaban J connectivity index is 1.78. The van der Waals surface area contributed by atoms with Crippen molar-refractivity contribution in [1.29, 1.82) is 0 Å². The minimum atomic E-state index is -0.409. The number of nitrogens with zero attached hydrogens (tertiary/aromatic N) is 1. The highest BCUT2D eigenvalue weighted by Crippen LogP contribution is 2.32. The van der Waals surface area contributed by atoms with E-state index in [4.69, 9.17) is 16.0 Å². The zero-order valence-electron chi connectivity index (χ0n) is 15.1. The lowest BCUT2D eigenvalue weighted by atomic mass is 10.1. The summed E-state index contributed by atoms with van der Waals surface area (Å²) in [4.78, 5) is 26.7. The minimum Gasteiger partial charge on any atom is -0.444 e. The summed E-state index contributed by atoms with van der Waals surface area (Å²) in [6.45, 7) is 0. The van der Waals surface area contributed by atoms with Crippen molar-refractivity contribution in [3.63, 3.8) is 0 Å². The minimum absolute atomic E-state index is 0.163. The van der Waals surface area contributed by atoms with E-state index in [1.807, 2.05) is 19.0 Å². The third-order valence-corrected chi connectivity index (χ3v) is 4.59. The van der Waals surface area contributed by atoms with Crippen LogP contribution < -0.4 is 15.5 Å². The highest BCUT2D eigenvalue weighted by Gasteiger charge is 2.15. The fourth-order valence-electron chi connectivity index (χ4n) is 2.63. The predicted molar refractivity (Wildman–Crippen MR) is 115 cm³/mol. The van der Waals surface area contributed by atoms with Gasteiger partial charge < -0.3 is 20.0 Å². The molecule has 2 aromatic carbocycles. The first-order chi connectivity index (χ1) is 13.3. The fourth-order valence-corrected chi connectivity index (χ4v) is 3.28. The van der Waals surface area contributed by atoms with Gasteiger partial charge in [-0.05, 0) is 58.4 Å². The first kappa shape index (κ1) is 20.0. The standard InChI is InChI=1S/C20H17BrClN3O3/c1-25(2)18-14(22)7-4-8-15(18)24-19(26)12-5-3-6-13(11-12)23-20(27)16-9-10-17(21)28-16/h3-11H,1-2H3,(H,23,27)(H,24,26). The van der Waals surface area contributed by atoms with Crippen molar-refractivity contribution >= 4 is 56.4 Å². The summed E-state index contributed by atoms with van der Waals surface area (Å²) < 4.78 is 5.69. The van der Waals surface area contributed by atoms with Gasteiger partial charge in [0, 0.05) is 25.3 Å². The van der Waals surface area contributed by atoms with E-state index in [1.54, 1.807) is 54.6 Å². The van der Waals surface area contributed by atoms with Gasteiger partial charge in [0.1, 0.15) is 0 Å². The molecule has 6 nitrogen and oxygen atoms in total. The maximum atomic E-state index is 12.7. The number of anilines is 3.